The van der Waals surface area contributed by atoms with Crippen LogP contribution in [0.25, 0.3) is 0 Å². The molecule has 0 aromatic carbocycles. The molecule has 3 heteroatoms. The maximum atomic E-state index is 11.1. The van der Waals surface area contributed by atoms with Gasteiger partial charge in [0, 0.05) is 24.4 Å². The van der Waals surface area contributed by atoms with Crippen molar-refractivity contribution in [1.29, 1.82) is 0 Å². The van der Waals surface area contributed by atoms with Crippen LogP contribution in [0.1, 0.15) is 46.5 Å². The summed E-state index contributed by atoms with van der Waals surface area (Å²) in [5.41, 5.74) is 6.13. The summed E-state index contributed by atoms with van der Waals surface area (Å²) in [5.74, 6) is 0.00345. The summed E-state index contributed by atoms with van der Waals surface area (Å²) in [5, 5.41) is 6.25. The van der Waals surface area contributed by atoms with Gasteiger partial charge in [0.2, 0.25) is 5.91 Å². The van der Waals surface area contributed by atoms with Gasteiger partial charge in [-0.05, 0) is 62.3 Å². The van der Waals surface area contributed by atoms with Crippen LogP contribution in [-0.4, -0.2) is 11.9 Å². The molecular weight excluding hydrogens is 272 g/mol. The summed E-state index contributed by atoms with van der Waals surface area (Å²) in [6, 6.07) is 0.414. The molecule has 0 aliphatic heterocycles. The van der Waals surface area contributed by atoms with Gasteiger partial charge in [0.1, 0.15) is 0 Å². The molecule has 0 radical (unpaired) electrons. The van der Waals surface area contributed by atoms with E-state index in [1.54, 1.807) is 6.92 Å². The number of hydrogen-bond donors (Lipinski definition) is 2. The van der Waals surface area contributed by atoms with E-state index < -0.39 is 0 Å². The number of amides is 1. The predicted molar refractivity (Wildman–Crippen MR) is 92.0 cm³/mol. The van der Waals surface area contributed by atoms with Crippen LogP contribution in [0.15, 0.2) is 59.0 Å². The van der Waals surface area contributed by atoms with E-state index >= 15 is 0 Å². The summed E-state index contributed by atoms with van der Waals surface area (Å²) in [6.07, 6.45) is 12.6. The molecule has 0 aromatic heterocycles. The maximum absolute atomic E-state index is 11.1. The molecule has 0 saturated heterocycles. The van der Waals surface area contributed by atoms with E-state index in [-0.39, 0.29) is 5.91 Å². The van der Waals surface area contributed by atoms with Crippen LogP contribution in [0.5, 0.6) is 0 Å². The van der Waals surface area contributed by atoms with Gasteiger partial charge in [0.15, 0.2) is 0 Å². The standard InChI is InChI=1S/C19H26N2O/c1-13(2)20-14(3)16-5-7-17(8-6-16)18-9-11-19(12-10-18)21-15(4)22/h5,7,9,11,13,20H,3,6,8,10,12H2,1-2,4H3,(H,21,22). The van der Waals surface area contributed by atoms with E-state index in [0.717, 1.165) is 37.1 Å². The van der Waals surface area contributed by atoms with E-state index in [9.17, 15) is 4.79 Å². The first-order chi connectivity index (χ1) is 10.5. The van der Waals surface area contributed by atoms with Crippen molar-refractivity contribution in [2.75, 3.05) is 0 Å². The summed E-state index contributed by atoms with van der Waals surface area (Å²) < 4.78 is 0. The first-order valence-corrected chi connectivity index (χ1v) is 7.99. The molecule has 0 aromatic rings. The molecule has 2 aliphatic rings. The highest BCUT2D eigenvalue weighted by atomic mass is 16.1. The molecule has 0 bridgehead atoms. The Labute approximate surface area is 133 Å². The minimum atomic E-state index is 0.00345. The molecule has 2 aliphatic carbocycles. The van der Waals surface area contributed by atoms with Gasteiger partial charge >= 0.3 is 0 Å². The Hall–Kier alpha value is -2.03. The molecular formula is C19H26N2O. The van der Waals surface area contributed by atoms with Crippen molar-refractivity contribution in [2.45, 2.75) is 52.5 Å². The molecule has 0 atom stereocenters. The molecule has 0 fully saturated rings. The monoisotopic (exact) mass is 298 g/mol. The molecule has 0 spiro atoms. The lowest BCUT2D eigenvalue weighted by Gasteiger charge is -2.22. The van der Waals surface area contributed by atoms with Gasteiger partial charge in [-0.2, -0.15) is 0 Å². The Kier molecular flexibility index (Phi) is 5.42. The van der Waals surface area contributed by atoms with Crippen molar-refractivity contribution in [3.05, 3.63) is 59.0 Å². The zero-order chi connectivity index (χ0) is 16.1. The van der Waals surface area contributed by atoms with Crippen LogP contribution in [0.2, 0.25) is 0 Å². The number of hydrogen-bond acceptors (Lipinski definition) is 2. The second-order valence-corrected chi connectivity index (χ2v) is 6.23. The minimum Gasteiger partial charge on any atom is -0.383 e. The number of nitrogens with one attached hydrogen (secondary N) is 2. The van der Waals surface area contributed by atoms with Gasteiger partial charge in [0.25, 0.3) is 0 Å². The predicted octanol–water partition coefficient (Wildman–Crippen LogP) is 3.88. The lowest BCUT2D eigenvalue weighted by molar-refractivity contribution is -0.118. The first-order valence-electron chi connectivity index (χ1n) is 7.99. The second-order valence-electron chi connectivity index (χ2n) is 6.23. The fourth-order valence-electron chi connectivity index (χ4n) is 2.83. The molecule has 0 heterocycles. The highest BCUT2D eigenvalue weighted by Gasteiger charge is 2.15. The third-order valence-corrected chi connectivity index (χ3v) is 3.90. The Morgan fingerprint density at radius 2 is 1.68 bits per heavy atom. The Morgan fingerprint density at radius 1 is 1.05 bits per heavy atom. The number of carbonyl (C=O) groups is 1. The fourth-order valence-corrected chi connectivity index (χ4v) is 2.83. The topological polar surface area (TPSA) is 41.1 Å². The lowest BCUT2D eigenvalue weighted by Crippen LogP contribution is -2.23. The van der Waals surface area contributed by atoms with Crippen LogP contribution < -0.4 is 10.6 Å². The molecule has 3 nitrogen and oxygen atoms in total. The van der Waals surface area contributed by atoms with E-state index in [0.29, 0.717) is 6.04 Å². The van der Waals surface area contributed by atoms with Crippen molar-refractivity contribution in [3.63, 3.8) is 0 Å². The largest absolute Gasteiger partial charge is 0.383 e. The molecule has 1 amide bonds. The van der Waals surface area contributed by atoms with Crippen molar-refractivity contribution in [3.8, 4) is 0 Å². The average Bonchev–Trinajstić information content (AvgIpc) is 2.47. The maximum Gasteiger partial charge on any atom is 0.220 e. The SMILES string of the molecule is C=C(NC(C)C)C1=CC=C(C2=CC=C(NC(C)=O)CC2)CC1. The minimum absolute atomic E-state index is 0.00345. The van der Waals surface area contributed by atoms with Crippen molar-refractivity contribution in [1.82, 2.24) is 10.6 Å². The van der Waals surface area contributed by atoms with Crippen molar-refractivity contribution in [2.24, 2.45) is 0 Å². The quantitative estimate of drug-likeness (QED) is 0.808. The molecule has 0 unspecified atom stereocenters. The summed E-state index contributed by atoms with van der Waals surface area (Å²) >= 11 is 0. The molecule has 2 N–H and O–H groups in total. The summed E-state index contributed by atoms with van der Waals surface area (Å²) in [6.45, 7) is 9.92. The normalized spacial score (nSPS) is 18.0. The van der Waals surface area contributed by atoms with Gasteiger partial charge < -0.3 is 10.6 Å². The lowest BCUT2D eigenvalue weighted by atomic mass is 9.88. The third kappa shape index (κ3) is 4.48. The van der Waals surface area contributed by atoms with Crippen LogP contribution in [0.3, 0.4) is 0 Å². The Bertz CT molecular complexity index is 589. The Morgan fingerprint density at radius 3 is 2.14 bits per heavy atom. The van der Waals surface area contributed by atoms with Crippen LogP contribution in [0, 0.1) is 0 Å². The third-order valence-electron chi connectivity index (χ3n) is 3.90. The van der Waals surface area contributed by atoms with Gasteiger partial charge in [-0.1, -0.05) is 24.8 Å². The highest BCUT2D eigenvalue weighted by molar-refractivity contribution is 5.75. The van der Waals surface area contributed by atoms with Crippen LogP contribution in [0.4, 0.5) is 0 Å². The van der Waals surface area contributed by atoms with Crippen molar-refractivity contribution >= 4 is 5.91 Å². The number of carbonyl (C=O) groups excluding carboxylic acids is 1. The zero-order valence-electron chi connectivity index (χ0n) is 13.8. The first kappa shape index (κ1) is 16.3. The van der Waals surface area contributed by atoms with E-state index in [2.05, 4.69) is 49.3 Å². The number of rotatable bonds is 5. The summed E-state index contributed by atoms with van der Waals surface area (Å²) in [4.78, 5) is 11.1. The molecule has 22 heavy (non-hydrogen) atoms. The van der Waals surface area contributed by atoms with Crippen LogP contribution in [-0.2, 0) is 4.79 Å². The zero-order valence-corrected chi connectivity index (χ0v) is 13.8. The van der Waals surface area contributed by atoms with E-state index in [1.165, 1.54) is 16.7 Å². The smallest absolute Gasteiger partial charge is 0.220 e. The number of allylic oxidation sites excluding steroid dienone is 8. The fraction of sp³-hybridized carbons (Fsp3) is 0.421. The Balaban J connectivity index is 2.03. The van der Waals surface area contributed by atoms with Gasteiger partial charge in [-0.25, -0.2) is 0 Å². The molecule has 118 valence electrons. The highest BCUT2D eigenvalue weighted by Crippen LogP contribution is 2.31. The second kappa shape index (κ2) is 7.30. The van der Waals surface area contributed by atoms with Gasteiger partial charge in [-0.15, -0.1) is 0 Å². The van der Waals surface area contributed by atoms with Crippen LogP contribution >= 0.6 is 0 Å². The van der Waals surface area contributed by atoms with Crippen molar-refractivity contribution < 1.29 is 4.79 Å². The van der Waals surface area contributed by atoms with Gasteiger partial charge in [0.05, 0.1) is 0 Å². The average molecular weight is 298 g/mol. The molecule has 0 saturated carbocycles. The van der Waals surface area contributed by atoms with E-state index in [4.69, 9.17) is 0 Å². The molecule has 2 rings (SSSR count). The van der Waals surface area contributed by atoms with E-state index in [1.807, 2.05) is 6.08 Å². The van der Waals surface area contributed by atoms with Gasteiger partial charge in [-0.3, -0.25) is 4.79 Å². The summed E-state index contributed by atoms with van der Waals surface area (Å²) in [7, 11) is 0.